The lowest BCUT2D eigenvalue weighted by Crippen LogP contribution is -2.51. The molecule has 3 heterocycles. The molecule has 3 rings (SSSR count). The predicted octanol–water partition coefficient (Wildman–Crippen LogP) is 3.36. The zero-order chi connectivity index (χ0) is 23.7. The Kier molecular flexibility index (Phi) is 6.39. The van der Waals surface area contributed by atoms with Gasteiger partial charge in [-0.05, 0) is 19.1 Å². The van der Waals surface area contributed by atoms with Crippen LogP contribution in [0.25, 0.3) is 0 Å². The largest absolute Gasteiger partial charge is 0.486 e. The smallest absolute Gasteiger partial charge is 0.311 e. The second kappa shape index (κ2) is 8.73. The number of hydrogen-bond donors (Lipinski definition) is 2. The van der Waals surface area contributed by atoms with E-state index in [9.17, 15) is 26.7 Å². The number of amidine groups is 1. The number of ether oxygens (including phenoxy) is 2. The van der Waals surface area contributed by atoms with Crippen molar-refractivity contribution in [3.63, 3.8) is 0 Å². The summed E-state index contributed by atoms with van der Waals surface area (Å²) in [6.07, 6.45) is -1.73. The van der Waals surface area contributed by atoms with E-state index in [-0.39, 0.29) is 22.3 Å². The Labute approximate surface area is 182 Å². The zero-order valence-corrected chi connectivity index (χ0v) is 17.0. The highest BCUT2D eigenvalue weighted by Gasteiger charge is 2.57. The summed E-state index contributed by atoms with van der Waals surface area (Å²) >= 11 is 5.94. The molecule has 0 saturated heterocycles. The van der Waals surface area contributed by atoms with Gasteiger partial charge < -0.3 is 20.5 Å². The van der Waals surface area contributed by atoms with E-state index >= 15 is 0 Å². The first-order valence-corrected chi connectivity index (χ1v) is 9.21. The number of alkyl halides is 4. The van der Waals surface area contributed by atoms with Crippen molar-refractivity contribution in [3.8, 4) is 5.75 Å². The van der Waals surface area contributed by atoms with E-state index < -0.39 is 54.5 Å². The summed E-state index contributed by atoms with van der Waals surface area (Å²) < 4.78 is 77.1. The molecule has 0 saturated carbocycles. The first-order chi connectivity index (χ1) is 14.9. The van der Waals surface area contributed by atoms with Gasteiger partial charge >= 0.3 is 5.92 Å². The van der Waals surface area contributed by atoms with Crippen LogP contribution in [0.4, 0.5) is 27.8 Å². The summed E-state index contributed by atoms with van der Waals surface area (Å²) in [7, 11) is 0. The maximum atomic E-state index is 14.5. The van der Waals surface area contributed by atoms with E-state index in [1.807, 2.05) is 0 Å². The average Bonchev–Trinajstić information content (AvgIpc) is 2.71. The first kappa shape index (κ1) is 23.4. The molecule has 0 aliphatic carbocycles. The van der Waals surface area contributed by atoms with Crippen molar-refractivity contribution in [3.05, 3.63) is 46.6 Å². The van der Waals surface area contributed by atoms with Gasteiger partial charge in [0.2, 0.25) is 0 Å². The molecule has 0 spiro atoms. The van der Waals surface area contributed by atoms with Gasteiger partial charge in [0.25, 0.3) is 18.4 Å². The molecule has 172 valence electrons. The van der Waals surface area contributed by atoms with Gasteiger partial charge in [0, 0.05) is 6.07 Å². The van der Waals surface area contributed by atoms with E-state index in [1.54, 1.807) is 0 Å². The van der Waals surface area contributed by atoms with Crippen molar-refractivity contribution in [1.82, 2.24) is 9.97 Å². The number of nitrogens with zero attached hydrogens (tertiary/aromatic N) is 3. The Bertz CT molecular complexity index is 1070. The van der Waals surface area contributed by atoms with Crippen LogP contribution in [-0.4, -0.2) is 47.5 Å². The van der Waals surface area contributed by atoms with Crippen molar-refractivity contribution in [2.24, 2.45) is 10.7 Å². The highest BCUT2D eigenvalue weighted by Crippen LogP contribution is 2.43. The Morgan fingerprint density at radius 1 is 1.41 bits per heavy atom. The molecular weight excluding hydrogens is 465 g/mol. The number of hydrogen-bond acceptors (Lipinski definition) is 7. The van der Waals surface area contributed by atoms with Crippen LogP contribution in [0.5, 0.6) is 5.75 Å². The zero-order valence-electron chi connectivity index (χ0n) is 16.2. The van der Waals surface area contributed by atoms with Gasteiger partial charge in [0.05, 0.1) is 11.2 Å². The molecule has 0 fully saturated rings. The van der Waals surface area contributed by atoms with E-state index in [2.05, 4.69) is 25.0 Å². The van der Waals surface area contributed by atoms with Gasteiger partial charge in [-0.25, -0.2) is 28.1 Å². The summed E-state index contributed by atoms with van der Waals surface area (Å²) in [5, 5.41) is 2.01. The molecule has 0 radical (unpaired) electrons. The van der Waals surface area contributed by atoms with Crippen LogP contribution < -0.4 is 15.8 Å². The van der Waals surface area contributed by atoms with E-state index in [4.69, 9.17) is 22.1 Å². The maximum Gasteiger partial charge on any atom is 0.311 e. The third-order valence-electron chi connectivity index (χ3n) is 4.40. The fraction of sp³-hybridized carbons (Fsp3) is 0.333. The number of aliphatic imine (C=N–C) groups is 1. The SMILES string of the molecule is CC1(c2nc(NC(=O)c3ncc(OCC(F)F)cc3Cl)ccc2F)N=C(N)OCC1(F)F. The van der Waals surface area contributed by atoms with Crippen molar-refractivity contribution in [2.45, 2.75) is 24.8 Å². The number of pyridine rings is 2. The number of halogens is 6. The number of carbonyl (C=O) groups is 1. The van der Waals surface area contributed by atoms with Crippen LogP contribution in [0.2, 0.25) is 5.02 Å². The standard InChI is InChI=1S/C18H15ClF5N5O3/c1-17(18(23,24)7-32-16(25)29-17)14-10(20)2-3-12(27-14)28-15(30)13-9(19)4-8(5-26-13)31-6-11(21)22/h2-5,11H,6-7H2,1H3,(H2,25,29)(H,27,28,30). The molecule has 1 aliphatic rings. The van der Waals surface area contributed by atoms with E-state index in [0.717, 1.165) is 31.3 Å². The Hall–Kier alpha value is -3.22. The molecular formula is C18H15ClF5N5O3. The number of rotatable bonds is 6. The molecule has 1 atom stereocenters. The number of amides is 1. The topological polar surface area (TPSA) is 112 Å². The quantitative estimate of drug-likeness (QED) is 0.615. The minimum absolute atomic E-state index is 0.0980. The molecule has 14 heteroatoms. The lowest BCUT2D eigenvalue weighted by molar-refractivity contribution is -0.118. The normalized spacial score (nSPS) is 19.8. The Morgan fingerprint density at radius 3 is 2.78 bits per heavy atom. The van der Waals surface area contributed by atoms with Gasteiger partial charge in [0.15, 0.2) is 12.1 Å². The van der Waals surface area contributed by atoms with Crippen LogP contribution in [0.1, 0.15) is 23.1 Å². The second-order valence-electron chi connectivity index (χ2n) is 6.70. The molecule has 0 aromatic carbocycles. The third kappa shape index (κ3) is 4.66. The molecule has 0 bridgehead atoms. The van der Waals surface area contributed by atoms with Gasteiger partial charge in [-0.15, -0.1) is 0 Å². The Balaban J connectivity index is 1.87. The average molecular weight is 480 g/mol. The Morgan fingerprint density at radius 2 is 2.12 bits per heavy atom. The van der Waals surface area contributed by atoms with Crippen LogP contribution in [-0.2, 0) is 10.3 Å². The lowest BCUT2D eigenvalue weighted by atomic mass is 9.89. The molecule has 1 aliphatic heterocycles. The monoisotopic (exact) mass is 479 g/mol. The third-order valence-corrected chi connectivity index (χ3v) is 4.69. The van der Waals surface area contributed by atoms with Gasteiger partial charge in [-0.2, -0.15) is 8.78 Å². The number of anilines is 1. The summed E-state index contributed by atoms with van der Waals surface area (Å²) in [6.45, 7) is -1.11. The molecule has 1 unspecified atom stereocenters. The molecule has 3 N–H and O–H groups in total. The highest BCUT2D eigenvalue weighted by atomic mass is 35.5. The fourth-order valence-corrected chi connectivity index (χ4v) is 2.96. The van der Waals surface area contributed by atoms with E-state index in [1.165, 1.54) is 0 Å². The molecule has 32 heavy (non-hydrogen) atoms. The minimum atomic E-state index is -3.66. The molecule has 2 aromatic heterocycles. The maximum absolute atomic E-state index is 14.5. The number of aromatic nitrogens is 2. The second-order valence-corrected chi connectivity index (χ2v) is 7.11. The van der Waals surface area contributed by atoms with Crippen molar-refractivity contribution in [2.75, 3.05) is 18.5 Å². The molecule has 8 nitrogen and oxygen atoms in total. The van der Waals surface area contributed by atoms with Crippen LogP contribution in [0.3, 0.4) is 0 Å². The van der Waals surface area contributed by atoms with Crippen molar-refractivity contribution in [1.29, 1.82) is 0 Å². The summed E-state index contributed by atoms with van der Waals surface area (Å²) in [6, 6.07) is 2.37. The van der Waals surface area contributed by atoms with Crippen molar-refractivity contribution >= 4 is 29.3 Å². The summed E-state index contributed by atoms with van der Waals surface area (Å²) in [5.74, 6) is -6.10. The van der Waals surface area contributed by atoms with Crippen molar-refractivity contribution < 1.29 is 36.2 Å². The fourth-order valence-electron chi connectivity index (χ4n) is 2.72. The minimum Gasteiger partial charge on any atom is -0.486 e. The summed E-state index contributed by atoms with van der Waals surface area (Å²) in [4.78, 5) is 23.5. The van der Waals surface area contributed by atoms with E-state index in [0.29, 0.717) is 0 Å². The lowest BCUT2D eigenvalue weighted by Gasteiger charge is -2.36. The number of nitrogens with two attached hydrogens (primary N) is 1. The van der Waals surface area contributed by atoms with Gasteiger partial charge in [0.1, 0.15) is 35.4 Å². The van der Waals surface area contributed by atoms with Gasteiger partial charge in [-0.3, -0.25) is 4.79 Å². The number of carbonyl (C=O) groups excluding carboxylic acids is 1. The predicted molar refractivity (Wildman–Crippen MR) is 103 cm³/mol. The van der Waals surface area contributed by atoms with Crippen LogP contribution in [0, 0.1) is 5.82 Å². The summed E-state index contributed by atoms with van der Waals surface area (Å²) in [5.41, 5.74) is 1.76. The first-order valence-electron chi connectivity index (χ1n) is 8.84. The van der Waals surface area contributed by atoms with Crippen LogP contribution >= 0.6 is 11.6 Å². The highest BCUT2D eigenvalue weighted by molar-refractivity contribution is 6.34. The van der Waals surface area contributed by atoms with Gasteiger partial charge in [-0.1, -0.05) is 11.6 Å². The molecule has 1 amide bonds. The molecule has 2 aromatic rings. The van der Waals surface area contributed by atoms with Crippen LogP contribution in [0.15, 0.2) is 29.4 Å². The number of nitrogens with one attached hydrogen (secondary N) is 1.